The van der Waals surface area contributed by atoms with Crippen LogP contribution in [0.25, 0.3) is 0 Å². The molecule has 0 spiro atoms. The maximum Gasteiger partial charge on any atom is 0.264 e. The first kappa shape index (κ1) is 13.7. The van der Waals surface area contributed by atoms with E-state index in [-0.39, 0.29) is 5.91 Å². The first-order chi connectivity index (χ1) is 10.3. The number of nitrogens with one attached hydrogen (secondary N) is 1. The fourth-order valence-corrected chi connectivity index (χ4v) is 5.05. The number of hydrogen-bond donors (Lipinski definition) is 1. The van der Waals surface area contributed by atoms with Crippen LogP contribution in [0.5, 0.6) is 0 Å². The lowest BCUT2D eigenvalue weighted by molar-refractivity contribution is 0.0588. The summed E-state index contributed by atoms with van der Waals surface area (Å²) in [5.74, 6) is 0.263. The Morgan fingerprint density at radius 2 is 2.10 bits per heavy atom. The van der Waals surface area contributed by atoms with Crippen molar-refractivity contribution in [2.45, 2.75) is 31.7 Å². The molecule has 3 aliphatic rings. The summed E-state index contributed by atoms with van der Waals surface area (Å²) in [5, 5.41) is 3.43. The van der Waals surface area contributed by atoms with Crippen LogP contribution in [0, 0.1) is 0 Å². The van der Waals surface area contributed by atoms with E-state index in [0.717, 1.165) is 44.1 Å². The van der Waals surface area contributed by atoms with Gasteiger partial charge in [-0.25, -0.2) is 0 Å². The van der Waals surface area contributed by atoms with Crippen LogP contribution in [0.15, 0.2) is 6.07 Å². The first-order valence-corrected chi connectivity index (χ1v) is 8.98. The molecule has 1 aromatic rings. The summed E-state index contributed by atoms with van der Waals surface area (Å²) < 4.78 is 0. The molecule has 1 aromatic heterocycles. The number of carbonyl (C=O) groups is 1. The van der Waals surface area contributed by atoms with Crippen molar-refractivity contribution in [3.63, 3.8) is 0 Å². The number of hydrogen-bond acceptors (Lipinski definition) is 4. The van der Waals surface area contributed by atoms with Gasteiger partial charge < -0.3 is 10.2 Å². The van der Waals surface area contributed by atoms with Gasteiger partial charge in [0, 0.05) is 43.6 Å². The number of amides is 1. The molecule has 1 aliphatic carbocycles. The lowest BCUT2D eigenvalue weighted by Crippen LogP contribution is -2.52. The van der Waals surface area contributed by atoms with Crippen molar-refractivity contribution in [3.8, 4) is 0 Å². The molecule has 1 N–H and O–H groups in total. The predicted octanol–water partition coefficient (Wildman–Crippen LogP) is 1.36. The number of rotatable bonds is 2. The van der Waals surface area contributed by atoms with Gasteiger partial charge in [-0.3, -0.25) is 9.69 Å². The number of fused-ring (bicyclic) bond motifs is 1. The number of aryl methyl sites for hydroxylation is 2. The summed E-state index contributed by atoms with van der Waals surface area (Å²) in [6, 6.07) is 2.84. The van der Waals surface area contributed by atoms with Gasteiger partial charge in [0.1, 0.15) is 0 Å². The second kappa shape index (κ2) is 5.71. The van der Waals surface area contributed by atoms with Gasteiger partial charge in [0.15, 0.2) is 0 Å². The van der Waals surface area contributed by atoms with Crippen LogP contribution in [-0.4, -0.2) is 61.0 Å². The monoisotopic (exact) mass is 305 g/mol. The largest absolute Gasteiger partial charge is 0.335 e. The van der Waals surface area contributed by atoms with Gasteiger partial charge in [0.25, 0.3) is 5.91 Å². The molecular formula is C16H23N3OS. The minimum Gasteiger partial charge on any atom is -0.335 e. The zero-order valence-corrected chi connectivity index (χ0v) is 13.3. The molecule has 5 heteroatoms. The van der Waals surface area contributed by atoms with Crippen LogP contribution >= 0.6 is 11.3 Å². The zero-order valence-electron chi connectivity index (χ0n) is 12.4. The molecule has 0 radical (unpaired) electrons. The van der Waals surface area contributed by atoms with Crippen molar-refractivity contribution in [1.82, 2.24) is 15.1 Å². The summed E-state index contributed by atoms with van der Waals surface area (Å²) in [4.78, 5) is 19.7. The van der Waals surface area contributed by atoms with Crippen LogP contribution in [-0.2, 0) is 12.8 Å². The third kappa shape index (κ3) is 2.62. The molecule has 4 nitrogen and oxygen atoms in total. The summed E-state index contributed by atoms with van der Waals surface area (Å²) in [5.41, 5.74) is 1.43. The van der Waals surface area contributed by atoms with E-state index in [0.29, 0.717) is 6.04 Å². The lowest BCUT2D eigenvalue weighted by atomic mass is 10.2. The minimum atomic E-state index is 0.263. The van der Waals surface area contributed by atoms with E-state index < -0.39 is 0 Å². The molecule has 0 bridgehead atoms. The third-order valence-electron chi connectivity index (χ3n) is 5.11. The molecule has 1 atom stereocenters. The Bertz CT molecular complexity index is 506. The SMILES string of the molecule is O=C(c1cc2c(s1)CCC2)N1CCN(C2CCNC2)CC1. The predicted molar refractivity (Wildman–Crippen MR) is 85.1 cm³/mol. The van der Waals surface area contributed by atoms with Crippen molar-refractivity contribution in [1.29, 1.82) is 0 Å². The van der Waals surface area contributed by atoms with Crippen LogP contribution < -0.4 is 5.32 Å². The van der Waals surface area contributed by atoms with E-state index in [2.05, 4.69) is 21.2 Å². The highest BCUT2D eigenvalue weighted by atomic mass is 32.1. The van der Waals surface area contributed by atoms with E-state index in [1.807, 2.05) is 0 Å². The van der Waals surface area contributed by atoms with Crippen LogP contribution in [0.1, 0.15) is 33.0 Å². The van der Waals surface area contributed by atoms with Crippen molar-refractivity contribution in [2.75, 3.05) is 39.3 Å². The van der Waals surface area contributed by atoms with Gasteiger partial charge in [-0.1, -0.05) is 0 Å². The van der Waals surface area contributed by atoms with Gasteiger partial charge >= 0.3 is 0 Å². The fourth-order valence-electron chi connectivity index (χ4n) is 3.83. The number of piperazine rings is 1. The fraction of sp³-hybridized carbons (Fsp3) is 0.688. The van der Waals surface area contributed by atoms with Crippen molar-refractivity contribution in [2.24, 2.45) is 0 Å². The number of carbonyl (C=O) groups excluding carboxylic acids is 1. The molecule has 2 aliphatic heterocycles. The molecular weight excluding hydrogens is 282 g/mol. The van der Waals surface area contributed by atoms with Crippen molar-refractivity contribution >= 4 is 17.2 Å². The van der Waals surface area contributed by atoms with Gasteiger partial charge in [0.2, 0.25) is 0 Å². The standard InChI is InChI=1S/C16H23N3OS/c20-16(15-10-12-2-1-3-14(12)21-15)19-8-6-18(7-9-19)13-4-5-17-11-13/h10,13,17H,1-9,11H2. The average Bonchev–Trinajstić information content (AvgIpc) is 3.23. The highest BCUT2D eigenvalue weighted by Gasteiger charge is 2.29. The molecule has 3 heterocycles. The smallest absolute Gasteiger partial charge is 0.264 e. The average molecular weight is 305 g/mol. The summed E-state index contributed by atoms with van der Waals surface area (Å²) in [6.07, 6.45) is 4.87. The highest BCUT2D eigenvalue weighted by molar-refractivity contribution is 7.14. The third-order valence-corrected chi connectivity index (χ3v) is 6.33. The van der Waals surface area contributed by atoms with Gasteiger partial charge in [-0.05, 0) is 43.9 Å². The van der Waals surface area contributed by atoms with E-state index in [1.54, 1.807) is 11.3 Å². The number of thiophene rings is 1. The summed E-state index contributed by atoms with van der Waals surface area (Å²) >= 11 is 1.74. The molecule has 0 saturated carbocycles. The van der Waals surface area contributed by atoms with E-state index in [9.17, 15) is 4.79 Å². The van der Waals surface area contributed by atoms with E-state index >= 15 is 0 Å². The second-order valence-electron chi connectivity index (χ2n) is 6.39. The lowest BCUT2D eigenvalue weighted by Gasteiger charge is -2.37. The van der Waals surface area contributed by atoms with Gasteiger partial charge in [0.05, 0.1) is 4.88 Å². The first-order valence-electron chi connectivity index (χ1n) is 8.17. The Kier molecular flexibility index (Phi) is 3.73. The number of nitrogens with zero attached hydrogens (tertiary/aromatic N) is 2. The van der Waals surface area contributed by atoms with E-state index in [1.165, 1.54) is 36.1 Å². The van der Waals surface area contributed by atoms with Gasteiger partial charge in [-0.2, -0.15) is 0 Å². The Morgan fingerprint density at radius 1 is 1.24 bits per heavy atom. The Balaban J connectivity index is 1.37. The Morgan fingerprint density at radius 3 is 2.81 bits per heavy atom. The summed E-state index contributed by atoms with van der Waals surface area (Å²) in [7, 11) is 0. The Labute approximate surface area is 130 Å². The van der Waals surface area contributed by atoms with E-state index in [4.69, 9.17) is 0 Å². The normalized spacial score (nSPS) is 26.3. The van der Waals surface area contributed by atoms with Crippen molar-refractivity contribution in [3.05, 3.63) is 21.4 Å². The minimum absolute atomic E-state index is 0.263. The van der Waals surface area contributed by atoms with Crippen LogP contribution in [0.3, 0.4) is 0 Å². The molecule has 1 amide bonds. The molecule has 4 rings (SSSR count). The molecule has 114 valence electrons. The molecule has 2 fully saturated rings. The molecule has 21 heavy (non-hydrogen) atoms. The highest BCUT2D eigenvalue weighted by Crippen LogP contribution is 2.31. The molecule has 2 saturated heterocycles. The van der Waals surface area contributed by atoms with Crippen LogP contribution in [0.2, 0.25) is 0 Å². The van der Waals surface area contributed by atoms with Gasteiger partial charge in [-0.15, -0.1) is 11.3 Å². The maximum atomic E-state index is 12.6. The summed E-state index contributed by atoms with van der Waals surface area (Å²) in [6.45, 7) is 6.10. The molecule has 1 unspecified atom stereocenters. The Hall–Kier alpha value is -0.910. The maximum absolute atomic E-state index is 12.6. The topological polar surface area (TPSA) is 35.6 Å². The van der Waals surface area contributed by atoms with Crippen molar-refractivity contribution < 1.29 is 4.79 Å². The zero-order chi connectivity index (χ0) is 14.2. The molecule has 0 aromatic carbocycles. The van der Waals surface area contributed by atoms with Crippen LogP contribution in [0.4, 0.5) is 0 Å². The second-order valence-corrected chi connectivity index (χ2v) is 7.52. The quantitative estimate of drug-likeness (QED) is 0.896.